The van der Waals surface area contributed by atoms with Crippen LogP contribution in [0.2, 0.25) is 5.02 Å². The van der Waals surface area contributed by atoms with Crippen LogP contribution >= 0.6 is 11.6 Å². The first-order chi connectivity index (χ1) is 7.63. The molecule has 0 aliphatic carbocycles. The molecule has 0 aliphatic rings. The van der Waals surface area contributed by atoms with E-state index in [2.05, 4.69) is 4.98 Å². The van der Waals surface area contributed by atoms with Crippen LogP contribution < -0.4 is 4.74 Å². The third-order valence-corrected chi connectivity index (χ3v) is 2.91. The van der Waals surface area contributed by atoms with E-state index in [0.717, 1.165) is 16.7 Å². The number of rotatable bonds is 2. The van der Waals surface area contributed by atoms with Gasteiger partial charge in [-0.3, -0.25) is 4.98 Å². The predicted molar refractivity (Wildman–Crippen MR) is 63.9 cm³/mol. The van der Waals surface area contributed by atoms with Crippen molar-refractivity contribution in [3.05, 3.63) is 35.0 Å². The maximum absolute atomic E-state index is 9.52. The van der Waals surface area contributed by atoms with Crippen molar-refractivity contribution in [2.75, 3.05) is 7.11 Å². The summed E-state index contributed by atoms with van der Waals surface area (Å²) < 4.78 is 5.11. The summed E-state index contributed by atoms with van der Waals surface area (Å²) in [5.41, 5.74) is 1.40. The highest BCUT2D eigenvalue weighted by Crippen LogP contribution is 2.31. The van der Waals surface area contributed by atoms with Crippen molar-refractivity contribution in [2.45, 2.75) is 13.0 Å². The fraction of sp³-hybridized carbons (Fsp3) is 0.250. The van der Waals surface area contributed by atoms with Crippen LogP contribution in [0.4, 0.5) is 0 Å². The lowest BCUT2D eigenvalue weighted by Crippen LogP contribution is -1.95. The molecule has 1 heterocycles. The zero-order chi connectivity index (χ0) is 11.7. The number of hydrogen-bond donors (Lipinski definition) is 1. The van der Waals surface area contributed by atoms with E-state index in [0.29, 0.717) is 10.6 Å². The molecule has 2 aromatic rings. The topological polar surface area (TPSA) is 42.4 Å². The number of methoxy groups -OCH3 is 1. The molecule has 0 spiro atoms. The van der Waals surface area contributed by atoms with Crippen LogP contribution in [0, 0.1) is 0 Å². The molecular weight excluding hydrogens is 226 g/mol. The van der Waals surface area contributed by atoms with Gasteiger partial charge in [0.05, 0.1) is 23.8 Å². The number of fused-ring (bicyclic) bond motifs is 1. The van der Waals surface area contributed by atoms with E-state index in [1.807, 2.05) is 18.2 Å². The van der Waals surface area contributed by atoms with Gasteiger partial charge in [0.25, 0.3) is 0 Å². The Hall–Kier alpha value is -1.32. The second-order valence-corrected chi connectivity index (χ2v) is 3.96. The fourth-order valence-corrected chi connectivity index (χ4v) is 1.94. The molecule has 1 N–H and O–H groups in total. The van der Waals surface area contributed by atoms with Gasteiger partial charge in [0.1, 0.15) is 5.75 Å². The van der Waals surface area contributed by atoms with Crippen LogP contribution in [0.5, 0.6) is 5.75 Å². The lowest BCUT2D eigenvalue weighted by atomic mass is 10.1. The molecule has 0 radical (unpaired) electrons. The van der Waals surface area contributed by atoms with Gasteiger partial charge < -0.3 is 9.84 Å². The zero-order valence-corrected chi connectivity index (χ0v) is 9.82. The molecule has 0 fully saturated rings. The Balaban J connectivity index is 2.67. The smallest absolute Gasteiger partial charge is 0.121 e. The van der Waals surface area contributed by atoms with Gasteiger partial charge in [-0.2, -0.15) is 0 Å². The summed E-state index contributed by atoms with van der Waals surface area (Å²) in [6.07, 6.45) is 0.973. The van der Waals surface area contributed by atoms with Gasteiger partial charge in [0.15, 0.2) is 0 Å². The zero-order valence-electron chi connectivity index (χ0n) is 9.07. The molecule has 16 heavy (non-hydrogen) atoms. The molecule has 0 saturated carbocycles. The van der Waals surface area contributed by atoms with Crippen molar-refractivity contribution in [1.29, 1.82) is 0 Å². The molecule has 1 atom stereocenters. The number of benzene rings is 1. The standard InChI is InChI=1S/C12H12ClNO2/c1-7(15)10-6-14-11-5-8(16-2)3-4-9(11)12(10)13/h3-7,15H,1-2H3. The Bertz CT molecular complexity index is 526. The van der Waals surface area contributed by atoms with Crippen LogP contribution in [-0.2, 0) is 0 Å². The summed E-state index contributed by atoms with van der Waals surface area (Å²) in [6, 6.07) is 5.48. The van der Waals surface area contributed by atoms with E-state index in [1.54, 1.807) is 20.2 Å². The summed E-state index contributed by atoms with van der Waals surface area (Å²) in [5, 5.41) is 10.9. The van der Waals surface area contributed by atoms with Gasteiger partial charge in [-0.05, 0) is 19.1 Å². The second kappa shape index (κ2) is 4.28. The lowest BCUT2D eigenvalue weighted by Gasteiger charge is -2.10. The van der Waals surface area contributed by atoms with E-state index in [1.165, 1.54) is 0 Å². The number of aliphatic hydroxyl groups is 1. The highest BCUT2D eigenvalue weighted by atomic mass is 35.5. The molecule has 1 unspecified atom stereocenters. The molecule has 0 amide bonds. The Labute approximate surface area is 98.6 Å². The molecule has 0 aliphatic heterocycles. The van der Waals surface area contributed by atoms with Crippen LogP contribution in [0.15, 0.2) is 24.4 Å². The number of aliphatic hydroxyl groups excluding tert-OH is 1. The first kappa shape index (κ1) is 11.2. The predicted octanol–water partition coefficient (Wildman–Crippen LogP) is 2.95. The van der Waals surface area contributed by atoms with Crippen molar-refractivity contribution in [3.63, 3.8) is 0 Å². The van der Waals surface area contributed by atoms with Gasteiger partial charge >= 0.3 is 0 Å². The highest BCUT2D eigenvalue weighted by molar-refractivity contribution is 6.36. The minimum Gasteiger partial charge on any atom is -0.497 e. The summed E-state index contributed by atoms with van der Waals surface area (Å²) >= 11 is 6.19. The Morgan fingerprint density at radius 3 is 2.81 bits per heavy atom. The lowest BCUT2D eigenvalue weighted by molar-refractivity contribution is 0.199. The van der Waals surface area contributed by atoms with E-state index in [9.17, 15) is 5.11 Å². The van der Waals surface area contributed by atoms with E-state index >= 15 is 0 Å². The Morgan fingerprint density at radius 2 is 2.19 bits per heavy atom. The first-order valence-electron chi connectivity index (χ1n) is 4.93. The quantitative estimate of drug-likeness (QED) is 0.873. The summed E-state index contributed by atoms with van der Waals surface area (Å²) in [6.45, 7) is 1.66. The van der Waals surface area contributed by atoms with Crippen molar-refractivity contribution in [2.24, 2.45) is 0 Å². The number of halogens is 1. The molecule has 4 heteroatoms. The molecule has 0 bridgehead atoms. The van der Waals surface area contributed by atoms with E-state index in [-0.39, 0.29) is 0 Å². The van der Waals surface area contributed by atoms with E-state index in [4.69, 9.17) is 16.3 Å². The van der Waals surface area contributed by atoms with Crippen LogP contribution in [-0.4, -0.2) is 17.2 Å². The summed E-state index contributed by atoms with van der Waals surface area (Å²) in [5.74, 6) is 0.737. The van der Waals surface area contributed by atoms with Gasteiger partial charge in [0.2, 0.25) is 0 Å². The van der Waals surface area contributed by atoms with Crippen molar-refractivity contribution in [3.8, 4) is 5.75 Å². The van der Waals surface area contributed by atoms with Gasteiger partial charge in [0, 0.05) is 23.2 Å². The number of hydrogen-bond acceptors (Lipinski definition) is 3. The molecule has 2 rings (SSSR count). The monoisotopic (exact) mass is 237 g/mol. The minimum atomic E-state index is -0.619. The average Bonchev–Trinajstić information content (AvgIpc) is 2.28. The Kier molecular flexibility index (Phi) is 2.99. The largest absolute Gasteiger partial charge is 0.497 e. The van der Waals surface area contributed by atoms with E-state index < -0.39 is 6.10 Å². The maximum Gasteiger partial charge on any atom is 0.121 e. The second-order valence-electron chi connectivity index (χ2n) is 3.59. The van der Waals surface area contributed by atoms with Crippen molar-refractivity contribution in [1.82, 2.24) is 4.98 Å². The third-order valence-electron chi connectivity index (χ3n) is 2.49. The third kappa shape index (κ3) is 1.84. The molecule has 3 nitrogen and oxygen atoms in total. The van der Waals surface area contributed by atoms with Gasteiger partial charge in [-0.25, -0.2) is 0 Å². The van der Waals surface area contributed by atoms with Gasteiger partial charge in [-0.1, -0.05) is 11.6 Å². The first-order valence-corrected chi connectivity index (χ1v) is 5.31. The Morgan fingerprint density at radius 1 is 1.44 bits per heavy atom. The maximum atomic E-state index is 9.52. The number of nitrogens with zero attached hydrogens (tertiary/aromatic N) is 1. The normalized spacial score (nSPS) is 12.8. The number of aromatic nitrogens is 1. The molecule has 0 saturated heterocycles. The number of ether oxygens (including phenoxy) is 1. The SMILES string of the molecule is COc1ccc2c(Cl)c(C(C)O)cnc2c1. The van der Waals surface area contributed by atoms with Crippen molar-refractivity contribution >= 4 is 22.5 Å². The number of pyridine rings is 1. The van der Waals surface area contributed by atoms with Crippen LogP contribution in [0.3, 0.4) is 0 Å². The minimum absolute atomic E-state index is 0.544. The van der Waals surface area contributed by atoms with Crippen molar-refractivity contribution < 1.29 is 9.84 Å². The summed E-state index contributed by atoms with van der Waals surface area (Å²) in [7, 11) is 1.60. The average molecular weight is 238 g/mol. The van der Waals surface area contributed by atoms with Crippen LogP contribution in [0.1, 0.15) is 18.6 Å². The molecular formula is C12H12ClNO2. The summed E-state index contributed by atoms with van der Waals surface area (Å²) in [4.78, 5) is 4.25. The van der Waals surface area contributed by atoms with Crippen LogP contribution in [0.25, 0.3) is 10.9 Å². The molecule has 1 aromatic carbocycles. The fourth-order valence-electron chi connectivity index (χ4n) is 1.57. The molecule has 1 aromatic heterocycles. The molecule has 84 valence electrons. The highest BCUT2D eigenvalue weighted by Gasteiger charge is 2.11. The van der Waals surface area contributed by atoms with Gasteiger partial charge in [-0.15, -0.1) is 0 Å².